The van der Waals surface area contributed by atoms with Crippen molar-refractivity contribution in [2.45, 2.75) is 11.4 Å². The van der Waals surface area contributed by atoms with Crippen LogP contribution in [0.25, 0.3) is 11.4 Å². The van der Waals surface area contributed by atoms with E-state index in [1.807, 2.05) is 30.3 Å². The number of nitrogens with zero attached hydrogens (tertiary/aromatic N) is 3. The largest absolute Gasteiger partial charge is 0.478 e. The van der Waals surface area contributed by atoms with Gasteiger partial charge in [-0.3, -0.25) is 0 Å². The summed E-state index contributed by atoms with van der Waals surface area (Å²) >= 11 is 0. The molecule has 1 aliphatic rings. The summed E-state index contributed by atoms with van der Waals surface area (Å²) in [6.07, 6.45) is 2.61. The summed E-state index contributed by atoms with van der Waals surface area (Å²) in [6, 6.07) is 16.1. The van der Waals surface area contributed by atoms with Crippen molar-refractivity contribution in [1.29, 1.82) is 0 Å². The van der Waals surface area contributed by atoms with E-state index in [0.717, 1.165) is 11.1 Å². The van der Waals surface area contributed by atoms with Gasteiger partial charge >= 0.3 is 5.97 Å². The van der Waals surface area contributed by atoms with Crippen molar-refractivity contribution in [3.05, 3.63) is 78.1 Å². The molecule has 9 nitrogen and oxygen atoms in total. The minimum atomic E-state index is -3.37. The Morgan fingerprint density at radius 1 is 1.00 bits per heavy atom. The molecule has 10 heteroatoms. The molecule has 0 amide bonds. The van der Waals surface area contributed by atoms with Crippen LogP contribution >= 0.6 is 0 Å². The summed E-state index contributed by atoms with van der Waals surface area (Å²) in [5, 5.41) is 8.67. The van der Waals surface area contributed by atoms with Crippen molar-refractivity contribution in [3.8, 4) is 11.4 Å². The number of aromatic carboxylic acids is 1. The topological polar surface area (TPSA) is 136 Å². The lowest BCUT2D eigenvalue weighted by Crippen LogP contribution is -2.40. The molecule has 168 valence electrons. The minimum absolute atomic E-state index is 0.0923. The van der Waals surface area contributed by atoms with E-state index < -0.39 is 16.0 Å². The van der Waals surface area contributed by atoms with Gasteiger partial charge in [-0.1, -0.05) is 42.5 Å². The van der Waals surface area contributed by atoms with Gasteiger partial charge in [-0.05, 0) is 17.7 Å². The lowest BCUT2D eigenvalue weighted by Gasteiger charge is -2.26. The lowest BCUT2D eigenvalue weighted by atomic mass is 10.2. The van der Waals surface area contributed by atoms with Gasteiger partial charge in [-0.2, -0.15) is 4.31 Å². The quantitative estimate of drug-likeness (QED) is 0.595. The maximum absolute atomic E-state index is 12.2. The summed E-state index contributed by atoms with van der Waals surface area (Å²) in [5.74, 6) is -0.491. The number of morpholine rings is 1. The third-order valence-electron chi connectivity index (χ3n) is 4.70. The number of rotatable bonds is 5. The number of hydrogen-bond acceptors (Lipinski definition) is 7. The van der Waals surface area contributed by atoms with E-state index in [2.05, 4.69) is 9.97 Å². The Morgan fingerprint density at radius 2 is 1.59 bits per heavy atom. The van der Waals surface area contributed by atoms with Gasteiger partial charge in [0, 0.05) is 37.6 Å². The van der Waals surface area contributed by atoms with Crippen molar-refractivity contribution in [3.63, 3.8) is 0 Å². The van der Waals surface area contributed by atoms with Crippen LogP contribution in [0.15, 0.2) is 71.9 Å². The zero-order valence-electron chi connectivity index (χ0n) is 17.3. The predicted octanol–water partition coefficient (Wildman–Crippen LogP) is 2.01. The average Bonchev–Trinajstić information content (AvgIpc) is 2.85. The number of hydrogen-bond donors (Lipinski definition) is 2. The highest BCUT2D eigenvalue weighted by atomic mass is 32.2. The van der Waals surface area contributed by atoms with Crippen LogP contribution in [0, 0.1) is 0 Å². The van der Waals surface area contributed by atoms with Crippen LogP contribution in [-0.4, -0.2) is 60.1 Å². The number of carbonyl (C=O) groups is 1. The molecule has 0 aliphatic carbocycles. The highest BCUT2D eigenvalue weighted by Gasteiger charge is 2.25. The number of nitrogens with two attached hydrogens (primary N) is 1. The number of ether oxygens (including phenoxy) is 1. The van der Waals surface area contributed by atoms with Crippen molar-refractivity contribution in [2.24, 2.45) is 5.73 Å². The Morgan fingerprint density at radius 3 is 2.12 bits per heavy atom. The van der Waals surface area contributed by atoms with E-state index in [4.69, 9.17) is 15.6 Å². The van der Waals surface area contributed by atoms with Crippen LogP contribution in [0.5, 0.6) is 0 Å². The van der Waals surface area contributed by atoms with E-state index in [1.54, 1.807) is 24.3 Å². The zero-order valence-corrected chi connectivity index (χ0v) is 18.1. The van der Waals surface area contributed by atoms with Gasteiger partial charge in [0.25, 0.3) is 0 Å². The molecule has 0 saturated carbocycles. The van der Waals surface area contributed by atoms with E-state index in [9.17, 15) is 13.2 Å². The van der Waals surface area contributed by atoms with E-state index in [0.29, 0.717) is 43.6 Å². The molecule has 2 aromatic carbocycles. The molecule has 0 bridgehead atoms. The van der Waals surface area contributed by atoms with Gasteiger partial charge in [0.05, 0.1) is 23.7 Å². The van der Waals surface area contributed by atoms with Crippen LogP contribution < -0.4 is 5.73 Å². The molecule has 1 saturated heterocycles. The third-order valence-corrected chi connectivity index (χ3v) is 6.61. The SMILES string of the molecule is NCc1ccc(S(=O)(=O)N2CCOCC2)cc1.O=C(O)c1cnc(-c2ccccc2)nc1. The lowest BCUT2D eigenvalue weighted by molar-refractivity contribution is 0.0696. The molecule has 3 N–H and O–H groups in total. The Kier molecular flexibility index (Phi) is 8.01. The first-order valence-corrected chi connectivity index (χ1v) is 11.3. The zero-order chi connectivity index (χ0) is 23.0. The molecule has 0 spiro atoms. The molecule has 4 rings (SSSR count). The average molecular weight is 457 g/mol. The number of aromatic nitrogens is 2. The number of carboxylic acids is 1. The second-order valence-corrected chi connectivity index (χ2v) is 8.77. The third kappa shape index (κ3) is 5.95. The first-order chi connectivity index (χ1) is 15.4. The molecular weight excluding hydrogens is 432 g/mol. The fourth-order valence-electron chi connectivity index (χ4n) is 2.91. The normalized spacial score (nSPS) is 14.3. The molecule has 0 unspecified atom stereocenters. The standard InChI is InChI=1S/C11H16N2O3S.C11H8N2O2/c12-9-10-1-3-11(4-2-10)17(14,15)13-5-7-16-8-6-13;14-11(15)9-6-12-10(13-7-9)8-4-2-1-3-5-8/h1-4H,5-9,12H2;1-7H,(H,14,15). The van der Waals surface area contributed by atoms with Crippen LogP contribution in [0.1, 0.15) is 15.9 Å². The fraction of sp³-hybridized carbons (Fsp3) is 0.227. The molecular formula is C22H24N4O5S. The monoisotopic (exact) mass is 456 g/mol. The predicted molar refractivity (Wildman–Crippen MR) is 118 cm³/mol. The highest BCUT2D eigenvalue weighted by Crippen LogP contribution is 2.17. The number of carboxylic acid groups (broad SMARTS) is 1. The van der Waals surface area contributed by atoms with Crippen LogP contribution in [-0.2, 0) is 21.3 Å². The fourth-order valence-corrected chi connectivity index (χ4v) is 4.32. The van der Waals surface area contributed by atoms with Crippen molar-refractivity contribution >= 4 is 16.0 Å². The summed E-state index contributed by atoms with van der Waals surface area (Å²) in [4.78, 5) is 18.8. The van der Waals surface area contributed by atoms with E-state index in [1.165, 1.54) is 16.7 Å². The maximum Gasteiger partial charge on any atom is 0.338 e. The molecule has 2 heterocycles. The van der Waals surface area contributed by atoms with Crippen molar-refractivity contribution in [2.75, 3.05) is 26.3 Å². The first-order valence-electron chi connectivity index (χ1n) is 9.89. The number of benzene rings is 2. The smallest absolute Gasteiger partial charge is 0.338 e. The molecule has 3 aromatic rings. The van der Waals surface area contributed by atoms with Gasteiger partial charge in [-0.25, -0.2) is 23.2 Å². The van der Waals surface area contributed by atoms with E-state index >= 15 is 0 Å². The van der Waals surface area contributed by atoms with Crippen LogP contribution in [0.2, 0.25) is 0 Å². The molecule has 0 atom stereocenters. The maximum atomic E-state index is 12.2. The molecule has 1 aliphatic heterocycles. The van der Waals surface area contributed by atoms with Crippen LogP contribution in [0.4, 0.5) is 0 Å². The highest BCUT2D eigenvalue weighted by molar-refractivity contribution is 7.89. The second kappa shape index (κ2) is 10.9. The van der Waals surface area contributed by atoms with Crippen LogP contribution in [0.3, 0.4) is 0 Å². The van der Waals surface area contributed by atoms with E-state index in [-0.39, 0.29) is 5.56 Å². The summed E-state index contributed by atoms with van der Waals surface area (Å²) in [7, 11) is -3.37. The van der Waals surface area contributed by atoms with Gasteiger partial charge in [-0.15, -0.1) is 0 Å². The Labute approximate surface area is 186 Å². The van der Waals surface area contributed by atoms with Gasteiger partial charge in [0.2, 0.25) is 10.0 Å². The van der Waals surface area contributed by atoms with Gasteiger partial charge < -0.3 is 15.6 Å². The molecule has 1 aromatic heterocycles. The Bertz CT molecular complexity index is 1120. The first kappa shape index (κ1) is 23.5. The summed E-state index contributed by atoms with van der Waals surface area (Å²) in [5.41, 5.74) is 7.36. The van der Waals surface area contributed by atoms with Gasteiger partial charge in [0.1, 0.15) is 0 Å². The van der Waals surface area contributed by atoms with Crippen molar-refractivity contribution in [1.82, 2.24) is 14.3 Å². The second-order valence-electron chi connectivity index (χ2n) is 6.83. The summed E-state index contributed by atoms with van der Waals surface area (Å²) < 4.78 is 31.0. The van der Waals surface area contributed by atoms with Crippen molar-refractivity contribution < 1.29 is 23.1 Å². The summed E-state index contributed by atoms with van der Waals surface area (Å²) in [6.45, 7) is 2.17. The number of sulfonamides is 1. The minimum Gasteiger partial charge on any atom is -0.478 e. The molecule has 0 radical (unpaired) electrons. The molecule has 32 heavy (non-hydrogen) atoms. The van der Waals surface area contributed by atoms with Gasteiger partial charge in [0.15, 0.2) is 5.82 Å². The Balaban J connectivity index is 0.000000182. The molecule has 1 fully saturated rings. The Hall–Kier alpha value is -3.18.